The quantitative estimate of drug-likeness (QED) is 0.780. The monoisotopic (exact) mass is 306 g/mol. The molecule has 116 valence electrons. The van der Waals surface area contributed by atoms with Crippen molar-refractivity contribution >= 4 is 16.2 Å². The summed E-state index contributed by atoms with van der Waals surface area (Å²) in [6, 6.07) is -0.964. The average molecular weight is 306 g/mol. The number of carboxylic acids is 1. The summed E-state index contributed by atoms with van der Waals surface area (Å²) < 4.78 is 34.0. The van der Waals surface area contributed by atoms with Crippen molar-refractivity contribution in [3.63, 3.8) is 0 Å². The molecule has 0 spiro atoms. The van der Waals surface area contributed by atoms with Crippen LogP contribution >= 0.6 is 0 Å². The Morgan fingerprint density at radius 2 is 2.15 bits per heavy atom. The second-order valence-electron chi connectivity index (χ2n) is 5.78. The lowest BCUT2D eigenvalue weighted by Gasteiger charge is -2.38. The minimum Gasteiger partial charge on any atom is -0.480 e. The Labute approximate surface area is 119 Å². The van der Waals surface area contributed by atoms with Crippen molar-refractivity contribution in [2.45, 2.75) is 50.6 Å². The van der Waals surface area contributed by atoms with E-state index in [-0.39, 0.29) is 6.54 Å². The largest absolute Gasteiger partial charge is 0.480 e. The first kappa shape index (κ1) is 15.7. The van der Waals surface area contributed by atoms with Crippen LogP contribution in [0.3, 0.4) is 0 Å². The van der Waals surface area contributed by atoms with E-state index in [9.17, 15) is 18.3 Å². The average Bonchev–Trinajstić information content (AvgIpc) is 2.38. The van der Waals surface area contributed by atoms with Gasteiger partial charge in [0, 0.05) is 13.2 Å². The number of aliphatic carboxylic acids is 1. The molecule has 2 N–H and O–H groups in total. The fourth-order valence-electron chi connectivity index (χ4n) is 2.82. The summed E-state index contributed by atoms with van der Waals surface area (Å²) in [5.74, 6) is -1.08. The molecule has 0 aromatic heterocycles. The minimum absolute atomic E-state index is 0.253. The highest BCUT2D eigenvalue weighted by atomic mass is 32.2. The van der Waals surface area contributed by atoms with E-state index >= 15 is 0 Å². The zero-order valence-corrected chi connectivity index (χ0v) is 12.5. The van der Waals surface area contributed by atoms with Gasteiger partial charge in [-0.2, -0.15) is 17.4 Å². The van der Waals surface area contributed by atoms with Gasteiger partial charge in [-0.25, -0.2) is 0 Å². The number of hydrogen-bond acceptors (Lipinski definition) is 4. The molecule has 0 aromatic rings. The molecular formula is C12H22N2O5S. The van der Waals surface area contributed by atoms with Crippen LogP contribution in [0.15, 0.2) is 0 Å². The van der Waals surface area contributed by atoms with Gasteiger partial charge in [-0.3, -0.25) is 4.79 Å². The predicted octanol–water partition coefficient (Wildman–Crippen LogP) is 0.329. The van der Waals surface area contributed by atoms with Gasteiger partial charge in [0.15, 0.2) is 0 Å². The molecule has 2 rings (SSSR count). The minimum atomic E-state index is -3.81. The van der Waals surface area contributed by atoms with E-state index in [4.69, 9.17) is 4.74 Å². The Balaban J connectivity index is 2.13. The molecule has 8 heteroatoms. The van der Waals surface area contributed by atoms with Gasteiger partial charge < -0.3 is 9.84 Å². The first-order valence-electron chi connectivity index (χ1n) is 6.95. The van der Waals surface area contributed by atoms with Crippen molar-refractivity contribution in [1.29, 1.82) is 0 Å². The zero-order valence-electron chi connectivity index (χ0n) is 11.7. The highest BCUT2D eigenvalue weighted by molar-refractivity contribution is 7.87. The normalized spacial score (nSPS) is 33.0. The molecule has 0 amide bonds. The first-order valence-corrected chi connectivity index (χ1v) is 8.39. The summed E-state index contributed by atoms with van der Waals surface area (Å²) in [7, 11) is -3.81. The lowest BCUT2D eigenvalue weighted by molar-refractivity contribution is -0.142. The molecule has 2 heterocycles. The van der Waals surface area contributed by atoms with E-state index in [1.807, 2.05) is 0 Å². The third kappa shape index (κ3) is 3.49. The molecule has 2 aliphatic rings. The van der Waals surface area contributed by atoms with Gasteiger partial charge in [0.05, 0.1) is 12.1 Å². The maximum atomic E-state index is 12.5. The Morgan fingerprint density at radius 1 is 1.40 bits per heavy atom. The van der Waals surface area contributed by atoms with Crippen LogP contribution in [0.4, 0.5) is 0 Å². The van der Waals surface area contributed by atoms with Gasteiger partial charge in [0.2, 0.25) is 0 Å². The standard InChI is InChI=1S/C12H22N2O5S/c1-12(6-4-8-19-9-12)13-20(17,18)14-7-3-2-5-10(14)11(15)16/h10,13H,2-9H2,1H3,(H,15,16). The first-order chi connectivity index (χ1) is 9.34. The van der Waals surface area contributed by atoms with Crippen molar-refractivity contribution in [3.05, 3.63) is 0 Å². The molecule has 2 unspecified atom stereocenters. The molecule has 0 aromatic carbocycles. The molecule has 2 atom stereocenters. The topological polar surface area (TPSA) is 95.9 Å². The van der Waals surface area contributed by atoms with Crippen molar-refractivity contribution in [1.82, 2.24) is 9.03 Å². The molecule has 7 nitrogen and oxygen atoms in total. The van der Waals surface area contributed by atoms with Gasteiger partial charge in [-0.05, 0) is 39.0 Å². The highest BCUT2D eigenvalue weighted by Gasteiger charge is 2.41. The lowest BCUT2D eigenvalue weighted by atomic mass is 9.97. The summed E-state index contributed by atoms with van der Waals surface area (Å²) in [5, 5.41) is 9.18. The predicted molar refractivity (Wildman–Crippen MR) is 72.5 cm³/mol. The van der Waals surface area contributed by atoms with Gasteiger partial charge in [-0.1, -0.05) is 0 Å². The third-order valence-electron chi connectivity index (χ3n) is 3.86. The maximum Gasteiger partial charge on any atom is 0.322 e. The molecular weight excluding hydrogens is 284 g/mol. The fourth-order valence-corrected chi connectivity index (χ4v) is 4.63. The second-order valence-corrected chi connectivity index (χ2v) is 7.41. The Kier molecular flexibility index (Phi) is 4.68. The number of nitrogens with zero attached hydrogens (tertiary/aromatic N) is 1. The molecule has 2 fully saturated rings. The summed E-state index contributed by atoms with van der Waals surface area (Å²) in [4.78, 5) is 11.2. The second kappa shape index (κ2) is 5.97. The van der Waals surface area contributed by atoms with Gasteiger partial charge >= 0.3 is 5.97 Å². The number of rotatable bonds is 4. The summed E-state index contributed by atoms with van der Waals surface area (Å²) >= 11 is 0. The lowest BCUT2D eigenvalue weighted by Crippen LogP contribution is -2.59. The van der Waals surface area contributed by atoms with Crippen molar-refractivity contribution < 1.29 is 23.1 Å². The summed E-state index contributed by atoms with van der Waals surface area (Å²) in [6.07, 6.45) is 3.28. The molecule has 20 heavy (non-hydrogen) atoms. The van der Waals surface area contributed by atoms with E-state index in [0.717, 1.165) is 17.1 Å². The van der Waals surface area contributed by atoms with Crippen LogP contribution in [-0.2, 0) is 19.7 Å². The summed E-state index contributed by atoms with van der Waals surface area (Å²) in [5.41, 5.74) is -0.655. The van der Waals surface area contributed by atoms with E-state index < -0.39 is 27.8 Å². The van der Waals surface area contributed by atoms with E-state index in [0.29, 0.717) is 32.5 Å². The zero-order chi connectivity index (χ0) is 14.8. The van der Waals surface area contributed by atoms with Crippen molar-refractivity contribution in [2.24, 2.45) is 0 Å². The summed E-state index contributed by atoms with van der Waals surface area (Å²) in [6.45, 7) is 3.00. The van der Waals surface area contributed by atoms with Crippen LogP contribution in [0.2, 0.25) is 0 Å². The molecule has 0 radical (unpaired) electrons. The van der Waals surface area contributed by atoms with Gasteiger partial charge in [-0.15, -0.1) is 0 Å². The number of piperidine rings is 1. The molecule has 2 aliphatic heterocycles. The van der Waals surface area contributed by atoms with Gasteiger partial charge in [0.1, 0.15) is 6.04 Å². The Morgan fingerprint density at radius 3 is 2.75 bits per heavy atom. The van der Waals surface area contributed by atoms with Crippen LogP contribution in [0.1, 0.15) is 39.0 Å². The van der Waals surface area contributed by atoms with E-state index in [1.165, 1.54) is 0 Å². The fraction of sp³-hybridized carbons (Fsp3) is 0.917. The van der Waals surface area contributed by atoms with E-state index in [2.05, 4.69) is 4.72 Å². The molecule has 0 bridgehead atoms. The van der Waals surface area contributed by atoms with Crippen LogP contribution in [-0.4, -0.2) is 55.1 Å². The Hall–Kier alpha value is -0.700. The number of ether oxygens (including phenoxy) is 1. The Bertz CT molecular complexity index is 458. The van der Waals surface area contributed by atoms with Crippen LogP contribution in [0, 0.1) is 0 Å². The van der Waals surface area contributed by atoms with Crippen molar-refractivity contribution in [3.8, 4) is 0 Å². The van der Waals surface area contributed by atoms with E-state index in [1.54, 1.807) is 6.92 Å². The molecule has 0 aliphatic carbocycles. The van der Waals surface area contributed by atoms with Crippen LogP contribution in [0.5, 0.6) is 0 Å². The highest BCUT2D eigenvalue weighted by Crippen LogP contribution is 2.24. The number of nitrogens with one attached hydrogen (secondary N) is 1. The number of carbonyl (C=O) groups is 1. The molecule has 2 saturated heterocycles. The number of hydrogen-bond donors (Lipinski definition) is 2. The van der Waals surface area contributed by atoms with Crippen LogP contribution in [0.25, 0.3) is 0 Å². The number of carboxylic acid groups (broad SMARTS) is 1. The maximum absolute atomic E-state index is 12.5. The molecule has 0 saturated carbocycles. The third-order valence-corrected chi connectivity index (χ3v) is 5.67. The van der Waals surface area contributed by atoms with Gasteiger partial charge in [0.25, 0.3) is 10.2 Å². The SMILES string of the molecule is CC1(NS(=O)(=O)N2CCCCC2C(=O)O)CCCOC1. The van der Waals surface area contributed by atoms with Crippen molar-refractivity contribution in [2.75, 3.05) is 19.8 Å². The van der Waals surface area contributed by atoms with Crippen LogP contribution < -0.4 is 4.72 Å². The smallest absolute Gasteiger partial charge is 0.322 e.